The van der Waals surface area contributed by atoms with Crippen molar-refractivity contribution in [3.63, 3.8) is 0 Å². The number of carbonyl (C=O) groups is 4. The average molecular weight is 734 g/mol. The van der Waals surface area contributed by atoms with Crippen molar-refractivity contribution in [2.24, 2.45) is 17.8 Å². The van der Waals surface area contributed by atoms with Crippen LogP contribution in [0.4, 0.5) is 15.8 Å². The SMILES string of the molecule is O=C1[C@H]2[C@H](CC=C3[C@H]2C[C@@]2(Cl)C(=O)N(c4ccc(F)cc4)C(=O)[C@@]2(Cl)[C@H]3c2c(O)ccc3ccccc23)C(=O)N1c1ccc(Br)cc1. The molecule has 3 fully saturated rings. The number of carbonyl (C=O) groups excluding carboxylic acids is 4. The van der Waals surface area contributed by atoms with Gasteiger partial charge in [-0.05, 0) is 84.1 Å². The van der Waals surface area contributed by atoms with Crippen LogP contribution in [0.1, 0.15) is 24.3 Å². The molecule has 6 atom stereocenters. The largest absolute Gasteiger partial charge is 0.508 e. The predicted octanol–water partition coefficient (Wildman–Crippen LogP) is 7.22. The van der Waals surface area contributed by atoms with Gasteiger partial charge in [-0.25, -0.2) is 9.29 Å². The maximum Gasteiger partial charge on any atom is 0.258 e. The van der Waals surface area contributed by atoms with E-state index >= 15 is 0 Å². The van der Waals surface area contributed by atoms with E-state index in [1.54, 1.807) is 42.5 Å². The van der Waals surface area contributed by atoms with Crippen LogP contribution in [-0.4, -0.2) is 38.5 Å². The third-order valence-corrected chi connectivity index (χ3v) is 12.2. The quantitative estimate of drug-likeness (QED) is 0.136. The molecule has 47 heavy (non-hydrogen) atoms. The predicted molar refractivity (Wildman–Crippen MR) is 179 cm³/mol. The number of benzene rings is 4. The van der Waals surface area contributed by atoms with E-state index in [0.29, 0.717) is 22.2 Å². The number of fused-ring (bicyclic) bond motifs is 5. The minimum absolute atomic E-state index is 0.0834. The zero-order valence-electron chi connectivity index (χ0n) is 24.4. The smallest absolute Gasteiger partial charge is 0.258 e. The summed E-state index contributed by atoms with van der Waals surface area (Å²) in [6.07, 6.45) is 1.79. The number of hydrogen-bond acceptors (Lipinski definition) is 5. The molecule has 4 aromatic rings. The van der Waals surface area contributed by atoms with Gasteiger partial charge in [0.1, 0.15) is 11.6 Å². The van der Waals surface area contributed by atoms with Crippen molar-refractivity contribution in [3.8, 4) is 5.75 Å². The van der Waals surface area contributed by atoms with Crippen LogP contribution in [0.25, 0.3) is 10.8 Å². The molecule has 2 heterocycles. The van der Waals surface area contributed by atoms with E-state index in [-0.39, 0.29) is 30.2 Å². The first-order valence-corrected chi connectivity index (χ1v) is 16.6. The lowest BCUT2D eigenvalue weighted by molar-refractivity contribution is -0.125. The van der Waals surface area contributed by atoms with E-state index in [4.69, 9.17) is 23.2 Å². The van der Waals surface area contributed by atoms with Gasteiger partial charge in [0.15, 0.2) is 9.75 Å². The van der Waals surface area contributed by atoms with Crippen molar-refractivity contribution in [1.82, 2.24) is 0 Å². The summed E-state index contributed by atoms with van der Waals surface area (Å²) in [6.45, 7) is 0. The van der Waals surface area contributed by atoms with Crippen LogP contribution in [0, 0.1) is 23.6 Å². The lowest BCUT2D eigenvalue weighted by atomic mass is 9.56. The van der Waals surface area contributed by atoms with Crippen LogP contribution in [0.15, 0.2) is 101 Å². The molecule has 7 nitrogen and oxygen atoms in total. The monoisotopic (exact) mass is 732 g/mol. The molecular weight excluding hydrogens is 710 g/mol. The van der Waals surface area contributed by atoms with Gasteiger partial charge in [0.25, 0.3) is 11.8 Å². The average Bonchev–Trinajstić information content (AvgIpc) is 3.40. The number of anilines is 2. The first-order valence-electron chi connectivity index (χ1n) is 15.0. The Kier molecular flexibility index (Phi) is 6.75. The molecule has 0 bridgehead atoms. The number of aromatic hydroxyl groups is 1. The number of rotatable bonds is 3. The molecule has 236 valence electrons. The van der Waals surface area contributed by atoms with E-state index in [0.717, 1.165) is 26.9 Å². The molecule has 0 aromatic heterocycles. The van der Waals surface area contributed by atoms with E-state index in [1.807, 2.05) is 18.2 Å². The van der Waals surface area contributed by atoms with Crippen LogP contribution in [-0.2, 0) is 19.2 Å². The molecule has 4 aliphatic rings. The second kappa shape index (κ2) is 10.5. The molecule has 1 saturated carbocycles. The lowest BCUT2D eigenvalue weighted by Gasteiger charge is -2.51. The van der Waals surface area contributed by atoms with Gasteiger partial charge in [-0.15, -0.1) is 23.2 Å². The van der Waals surface area contributed by atoms with Gasteiger partial charge >= 0.3 is 0 Å². The van der Waals surface area contributed by atoms with Gasteiger partial charge < -0.3 is 5.11 Å². The van der Waals surface area contributed by atoms with Gasteiger partial charge in [0, 0.05) is 16.0 Å². The summed E-state index contributed by atoms with van der Waals surface area (Å²) in [6, 6.07) is 22.2. The van der Waals surface area contributed by atoms with Crippen molar-refractivity contribution in [1.29, 1.82) is 0 Å². The van der Waals surface area contributed by atoms with Crippen LogP contribution in [0.2, 0.25) is 0 Å². The third-order valence-electron chi connectivity index (χ3n) is 10.2. The van der Waals surface area contributed by atoms with E-state index in [9.17, 15) is 28.7 Å². The van der Waals surface area contributed by atoms with E-state index in [1.165, 1.54) is 23.1 Å². The number of nitrogens with zero attached hydrogens (tertiary/aromatic N) is 2. The van der Waals surface area contributed by atoms with E-state index < -0.39 is 57.0 Å². The normalized spacial score (nSPS) is 30.0. The van der Waals surface area contributed by atoms with Crippen molar-refractivity contribution < 1.29 is 28.7 Å². The summed E-state index contributed by atoms with van der Waals surface area (Å²) in [5.74, 6) is -6.75. The molecule has 4 aromatic carbocycles. The second-order valence-corrected chi connectivity index (χ2v) is 14.6. The summed E-state index contributed by atoms with van der Waals surface area (Å²) < 4.78 is 14.7. The molecule has 0 radical (unpaired) electrons. The highest BCUT2D eigenvalue weighted by Gasteiger charge is 2.77. The fourth-order valence-corrected chi connectivity index (χ4v) is 9.33. The first kappa shape index (κ1) is 30.3. The number of hydrogen-bond donors (Lipinski definition) is 1. The zero-order chi connectivity index (χ0) is 33.0. The Morgan fingerprint density at radius 2 is 1.45 bits per heavy atom. The van der Waals surface area contributed by atoms with E-state index in [2.05, 4.69) is 15.9 Å². The van der Waals surface area contributed by atoms with Crippen LogP contribution >= 0.6 is 39.1 Å². The van der Waals surface area contributed by atoms with Gasteiger partial charge in [0.2, 0.25) is 11.8 Å². The number of halogens is 4. The number of phenols is 1. The highest BCUT2D eigenvalue weighted by Crippen LogP contribution is 2.67. The van der Waals surface area contributed by atoms with Crippen molar-refractivity contribution >= 4 is 84.9 Å². The van der Waals surface area contributed by atoms with Crippen LogP contribution < -0.4 is 9.80 Å². The molecule has 0 spiro atoms. The summed E-state index contributed by atoms with van der Waals surface area (Å²) >= 11 is 18.3. The zero-order valence-corrected chi connectivity index (χ0v) is 27.5. The minimum Gasteiger partial charge on any atom is -0.508 e. The number of allylic oxidation sites excluding steroid dienone is 2. The molecular formula is C36H24BrCl2FN2O5. The Bertz CT molecular complexity index is 2090. The molecule has 2 aliphatic carbocycles. The molecule has 2 aliphatic heterocycles. The summed E-state index contributed by atoms with van der Waals surface area (Å²) in [5, 5.41) is 12.9. The Labute approximate surface area is 286 Å². The molecule has 1 N–H and O–H groups in total. The van der Waals surface area contributed by atoms with Gasteiger partial charge in [0.05, 0.1) is 23.2 Å². The Balaban J connectivity index is 1.35. The third kappa shape index (κ3) is 4.03. The van der Waals surface area contributed by atoms with Crippen LogP contribution in [0.5, 0.6) is 5.75 Å². The number of phenolic OH excluding ortho intramolecular Hbond substituents is 1. The fraction of sp³-hybridized carbons (Fsp3) is 0.222. The molecule has 2 saturated heterocycles. The van der Waals surface area contributed by atoms with Crippen molar-refractivity contribution in [2.45, 2.75) is 28.5 Å². The fourth-order valence-electron chi connectivity index (χ4n) is 8.15. The van der Waals surface area contributed by atoms with Gasteiger partial charge in [-0.3, -0.25) is 24.1 Å². The summed E-state index contributed by atoms with van der Waals surface area (Å²) in [4.78, 5) is 55.0. The highest BCUT2D eigenvalue weighted by molar-refractivity contribution is 9.10. The standard InChI is InChI=1S/C36H24BrCl2FN2O5/c37-19-6-10-21(11-7-19)41-31(44)25-15-14-24-26(28(25)32(41)45)17-35(38)33(46)42(22-12-8-20(40)9-13-22)34(47)36(35,39)30(24)29-23-4-2-1-3-18(23)5-16-27(29)43/h1-14,16,25-26,28,30,43H,15,17H2/t25-,26+,28-,30+,35+,36-/m0/s1. The topological polar surface area (TPSA) is 95.0 Å². The number of amides is 4. The lowest BCUT2D eigenvalue weighted by Crippen LogP contribution is -2.60. The second-order valence-electron chi connectivity index (χ2n) is 12.5. The number of imide groups is 2. The van der Waals surface area contributed by atoms with Crippen molar-refractivity contribution in [2.75, 3.05) is 9.80 Å². The maximum atomic E-state index is 14.6. The summed E-state index contributed by atoms with van der Waals surface area (Å²) in [7, 11) is 0. The number of alkyl halides is 2. The van der Waals surface area contributed by atoms with Crippen LogP contribution in [0.3, 0.4) is 0 Å². The Morgan fingerprint density at radius 1 is 0.787 bits per heavy atom. The maximum absolute atomic E-state index is 14.6. The minimum atomic E-state index is -2.16. The highest BCUT2D eigenvalue weighted by atomic mass is 79.9. The van der Waals surface area contributed by atoms with Gasteiger partial charge in [-0.2, -0.15) is 0 Å². The summed E-state index contributed by atoms with van der Waals surface area (Å²) in [5.41, 5.74) is 1.35. The molecule has 4 amide bonds. The Morgan fingerprint density at radius 3 is 2.17 bits per heavy atom. The Hall–Kier alpha value is -4.05. The molecule has 11 heteroatoms. The van der Waals surface area contributed by atoms with Crippen molar-refractivity contribution in [3.05, 3.63) is 112 Å². The molecule has 8 rings (SSSR count). The first-order chi connectivity index (χ1) is 22.5. The molecule has 0 unspecified atom stereocenters. The van der Waals surface area contributed by atoms with Gasteiger partial charge in [-0.1, -0.05) is 57.9 Å².